The Morgan fingerprint density at radius 2 is 2.08 bits per heavy atom. The van der Waals surface area contributed by atoms with Crippen molar-refractivity contribution < 1.29 is 0 Å². The number of aromatic nitrogens is 1. The van der Waals surface area contributed by atoms with Gasteiger partial charge < -0.3 is 21.5 Å². The normalized spacial score (nSPS) is 14.6. The molecule has 0 radical (unpaired) electrons. The highest BCUT2D eigenvalue weighted by atomic mass is 35.5. The van der Waals surface area contributed by atoms with Gasteiger partial charge in [0.1, 0.15) is 6.07 Å². The Balaban J connectivity index is 1.76. The van der Waals surface area contributed by atoms with Gasteiger partial charge in [-0.3, -0.25) is 9.98 Å². The average Bonchev–Trinajstić information content (AvgIpc) is 3.45. The molecule has 0 spiro atoms. The zero-order valence-electron chi connectivity index (χ0n) is 20.7. The first-order chi connectivity index (χ1) is 18.0. The topological polar surface area (TPSA) is 109 Å². The molecule has 0 saturated heterocycles. The first-order valence-electron chi connectivity index (χ1n) is 11.9. The maximum Gasteiger partial charge on any atom is 0.103 e. The highest BCUT2D eigenvalue weighted by Gasteiger charge is 2.21. The number of pyridine rings is 1. The number of fused-ring (bicyclic) bond motifs is 1. The molecule has 8 nitrogen and oxygen atoms in total. The molecule has 37 heavy (non-hydrogen) atoms. The van der Waals surface area contributed by atoms with E-state index in [-0.39, 0.29) is 12.1 Å². The number of allylic oxidation sites excluding steroid dienone is 1. The van der Waals surface area contributed by atoms with E-state index in [0.29, 0.717) is 21.8 Å². The Morgan fingerprint density at radius 1 is 1.27 bits per heavy atom. The SMILES string of the molecule is C=C(/C=C\C=NC)[C@H](Nc1cc(Cl)c2ncc(C#N)c(N[C@H](CC)c3ccccc3)c2c1)C1=CNNN1. The molecule has 2 heterocycles. The molecule has 188 valence electrons. The van der Waals surface area contributed by atoms with Crippen LogP contribution in [0.15, 0.2) is 89.9 Å². The first kappa shape index (κ1) is 25.8. The molecule has 1 aliphatic heterocycles. The van der Waals surface area contributed by atoms with E-state index in [4.69, 9.17) is 11.6 Å². The standard InChI is InChI=1S/C28H29ClN8/c1-4-24(19-10-6-5-7-11-19)35-27-20(15-30)16-32-28-22(27)13-21(14-23(28)29)34-26(25-17-33-37-36-25)18(2)9-8-12-31-3/h5-14,16-17,24,26,33-34,36-37H,2,4H2,1,3H3,(H,32,35)/b9-8-,31-12?/t24-,26+/m1/s1. The summed E-state index contributed by atoms with van der Waals surface area (Å²) >= 11 is 6.72. The smallest absolute Gasteiger partial charge is 0.103 e. The van der Waals surface area contributed by atoms with Gasteiger partial charge in [0, 0.05) is 36.7 Å². The summed E-state index contributed by atoms with van der Waals surface area (Å²) in [5.41, 5.74) is 14.2. The van der Waals surface area contributed by atoms with Crippen LogP contribution in [-0.2, 0) is 0 Å². The third kappa shape index (κ3) is 5.92. The third-order valence-electron chi connectivity index (χ3n) is 6.02. The van der Waals surface area contributed by atoms with Crippen molar-refractivity contribution in [2.24, 2.45) is 4.99 Å². The van der Waals surface area contributed by atoms with Crippen molar-refractivity contribution in [3.8, 4) is 6.07 Å². The number of hydrogen-bond donors (Lipinski definition) is 5. The molecule has 0 saturated carbocycles. The van der Waals surface area contributed by atoms with Crippen LogP contribution in [0.4, 0.5) is 11.4 Å². The second-order valence-electron chi connectivity index (χ2n) is 8.44. The monoisotopic (exact) mass is 512 g/mol. The van der Waals surface area contributed by atoms with Gasteiger partial charge in [-0.1, -0.05) is 61.5 Å². The number of benzene rings is 2. The molecule has 9 heteroatoms. The summed E-state index contributed by atoms with van der Waals surface area (Å²) in [7, 11) is 1.71. The molecule has 2 aromatic carbocycles. The Bertz CT molecular complexity index is 1410. The Hall–Kier alpha value is -4.32. The average molecular weight is 513 g/mol. The van der Waals surface area contributed by atoms with Gasteiger partial charge in [0.25, 0.3) is 0 Å². The minimum absolute atomic E-state index is 0.0113. The molecule has 0 unspecified atom stereocenters. The van der Waals surface area contributed by atoms with E-state index in [1.54, 1.807) is 19.5 Å². The minimum Gasteiger partial charge on any atom is -0.377 e. The summed E-state index contributed by atoms with van der Waals surface area (Å²) in [6.45, 7) is 6.34. The van der Waals surface area contributed by atoms with Crippen molar-refractivity contribution in [1.29, 1.82) is 5.26 Å². The summed E-state index contributed by atoms with van der Waals surface area (Å²) in [5, 5.41) is 18.2. The van der Waals surface area contributed by atoms with Gasteiger partial charge >= 0.3 is 0 Å². The molecular formula is C28H29ClN8. The summed E-state index contributed by atoms with van der Waals surface area (Å²) in [6, 6.07) is 16.0. The van der Waals surface area contributed by atoms with Crippen molar-refractivity contribution in [2.45, 2.75) is 25.4 Å². The van der Waals surface area contributed by atoms with Gasteiger partial charge in [0.15, 0.2) is 0 Å². The molecule has 0 bridgehead atoms. The Labute approximate surface area is 221 Å². The van der Waals surface area contributed by atoms with Crippen LogP contribution in [0.1, 0.15) is 30.5 Å². The fraction of sp³-hybridized carbons (Fsp3) is 0.179. The fourth-order valence-corrected chi connectivity index (χ4v) is 4.43. The molecule has 4 rings (SSSR count). The number of halogens is 1. The number of nitriles is 1. The lowest BCUT2D eigenvalue weighted by Crippen LogP contribution is -2.37. The van der Waals surface area contributed by atoms with Crippen LogP contribution in [0.25, 0.3) is 10.9 Å². The number of hydrazine groups is 2. The van der Waals surface area contributed by atoms with E-state index in [1.165, 1.54) is 0 Å². The number of aliphatic imine (C=N–C) groups is 1. The van der Waals surface area contributed by atoms with E-state index < -0.39 is 0 Å². The highest BCUT2D eigenvalue weighted by Crippen LogP contribution is 2.36. The Morgan fingerprint density at radius 3 is 2.76 bits per heavy atom. The predicted octanol–water partition coefficient (Wildman–Crippen LogP) is 5.37. The molecule has 1 aromatic heterocycles. The maximum atomic E-state index is 9.90. The largest absolute Gasteiger partial charge is 0.377 e. The third-order valence-corrected chi connectivity index (χ3v) is 6.31. The van der Waals surface area contributed by atoms with E-state index in [2.05, 4.69) is 68.7 Å². The zero-order valence-corrected chi connectivity index (χ0v) is 21.5. The second-order valence-corrected chi connectivity index (χ2v) is 8.85. The molecule has 3 aromatic rings. The van der Waals surface area contributed by atoms with Crippen LogP contribution in [0.2, 0.25) is 5.02 Å². The van der Waals surface area contributed by atoms with Crippen LogP contribution >= 0.6 is 11.6 Å². The summed E-state index contributed by atoms with van der Waals surface area (Å²) in [5.74, 6) is 0. The first-order valence-corrected chi connectivity index (χ1v) is 12.3. The number of nitrogens with one attached hydrogen (secondary N) is 5. The summed E-state index contributed by atoms with van der Waals surface area (Å²) < 4.78 is 0. The fourth-order valence-electron chi connectivity index (χ4n) is 4.16. The van der Waals surface area contributed by atoms with Crippen LogP contribution in [0, 0.1) is 11.3 Å². The van der Waals surface area contributed by atoms with Crippen molar-refractivity contribution in [3.05, 3.63) is 101 Å². The predicted molar refractivity (Wildman–Crippen MR) is 152 cm³/mol. The van der Waals surface area contributed by atoms with Crippen molar-refractivity contribution >= 4 is 40.1 Å². The van der Waals surface area contributed by atoms with E-state index in [0.717, 1.165) is 34.3 Å². The van der Waals surface area contributed by atoms with Crippen LogP contribution in [0.5, 0.6) is 0 Å². The van der Waals surface area contributed by atoms with Crippen molar-refractivity contribution in [2.75, 3.05) is 17.7 Å². The quantitative estimate of drug-likeness (QED) is 0.183. The molecular weight excluding hydrogens is 484 g/mol. The van der Waals surface area contributed by atoms with Gasteiger partial charge in [-0.05, 0) is 35.8 Å². The van der Waals surface area contributed by atoms with Crippen LogP contribution in [-0.4, -0.2) is 24.3 Å². The van der Waals surface area contributed by atoms with E-state index in [9.17, 15) is 5.26 Å². The van der Waals surface area contributed by atoms with Gasteiger partial charge in [-0.25, -0.2) is 0 Å². The molecule has 1 aliphatic rings. The van der Waals surface area contributed by atoms with E-state index >= 15 is 0 Å². The summed E-state index contributed by atoms with van der Waals surface area (Å²) in [4.78, 5) is 8.48. The number of nitrogens with zero attached hydrogens (tertiary/aromatic N) is 3. The Kier molecular flexibility index (Phi) is 8.41. The number of rotatable bonds is 10. The van der Waals surface area contributed by atoms with Crippen LogP contribution in [0.3, 0.4) is 0 Å². The number of hydrogen-bond acceptors (Lipinski definition) is 8. The molecule has 0 fully saturated rings. The van der Waals surface area contributed by atoms with Gasteiger partial charge in [-0.15, -0.1) is 0 Å². The number of anilines is 2. The van der Waals surface area contributed by atoms with Crippen LogP contribution < -0.4 is 27.0 Å². The summed E-state index contributed by atoms with van der Waals surface area (Å²) in [6.07, 6.45) is 9.64. The molecule has 0 amide bonds. The lowest BCUT2D eigenvalue weighted by atomic mass is 10.0. The van der Waals surface area contributed by atoms with Crippen molar-refractivity contribution in [3.63, 3.8) is 0 Å². The second kappa shape index (κ2) is 12.1. The lowest BCUT2D eigenvalue weighted by Gasteiger charge is -2.24. The highest BCUT2D eigenvalue weighted by molar-refractivity contribution is 6.35. The molecule has 0 aliphatic carbocycles. The van der Waals surface area contributed by atoms with Gasteiger partial charge in [0.2, 0.25) is 0 Å². The minimum atomic E-state index is -0.297. The van der Waals surface area contributed by atoms with E-state index in [1.807, 2.05) is 48.7 Å². The zero-order chi connectivity index (χ0) is 26.2. The lowest BCUT2D eigenvalue weighted by molar-refractivity contribution is 0.589. The van der Waals surface area contributed by atoms with Gasteiger partial charge in [-0.2, -0.15) is 10.8 Å². The van der Waals surface area contributed by atoms with Gasteiger partial charge in [0.05, 0.1) is 39.6 Å². The molecule has 5 N–H and O–H groups in total. The molecule has 2 atom stereocenters. The maximum absolute atomic E-state index is 9.90. The van der Waals surface area contributed by atoms with Crippen molar-refractivity contribution in [1.82, 2.24) is 21.4 Å².